The minimum absolute atomic E-state index is 0.0918. The Morgan fingerprint density at radius 1 is 1.36 bits per heavy atom. The van der Waals surface area contributed by atoms with Gasteiger partial charge in [-0.15, -0.1) is 11.3 Å². The summed E-state index contributed by atoms with van der Waals surface area (Å²) in [5, 5.41) is 1.74. The molecule has 0 bridgehead atoms. The average Bonchev–Trinajstić information content (AvgIpc) is 2.92. The van der Waals surface area contributed by atoms with Crippen LogP contribution in [0.1, 0.15) is 23.3 Å². The van der Waals surface area contributed by atoms with Crippen LogP contribution in [-0.2, 0) is 14.8 Å². The molecule has 0 aromatic carbocycles. The standard InChI is InChI=1S/C13H19N3O4S2/c1-22(18,19)16-6-7-20-12-3-5-15(4-2-11(12)16)13(17)10-8-21-9-14-10/h8-9,11-12H,2-7H2,1H3/t11-,12-/m1/s1. The molecule has 7 nitrogen and oxygen atoms in total. The molecule has 0 aliphatic carbocycles. The molecular weight excluding hydrogens is 326 g/mol. The van der Waals surface area contributed by atoms with E-state index in [9.17, 15) is 13.2 Å². The summed E-state index contributed by atoms with van der Waals surface area (Å²) in [4.78, 5) is 18.2. The molecule has 0 unspecified atom stereocenters. The number of morpholine rings is 1. The lowest BCUT2D eigenvalue weighted by atomic mass is 10.0. The summed E-state index contributed by atoms with van der Waals surface area (Å²) < 4.78 is 31.1. The number of hydrogen-bond acceptors (Lipinski definition) is 6. The van der Waals surface area contributed by atoms with E-state index >= 15 is 0 Å². The number of carbonyl (C=O) groups is 1. The minimum atomic E-state index is -3.25. The molecule has 1 aromatic heterocycles. The number of amides is 1. The molecule has 3 rings (SSSR count). The molecule has 2 saturated heterocycles. The molecule has 0 radical (unpaired) electrons. The van der Waals surface area contributed by atoms with Gasteiger partial charge in [0.25, 0.3) is 5.91 Å². The van der Waals surface area contributed by atoms with Crippen molar-refractivity contribution in [3.63, 3.8) is 0 Å². The summed E-state index contributed by atoms with van der Waals surface area (Å²) in [7, 11) is -3.25. The van der Waals surface area contributed by atoms with Crippen LogP contribution in [0, 0.1) is 0 Å². The summed E-state index contributed by atoms with van der Waals surface area (Å²) in [5.41, 5.74) is 2.09. The number of carbonyl (C=O) groups excluding carboxylic acids is 1. The van der Waals surface area contributed by atoms with Gasteiger partial charge in [-0.1, -0.05) is 0 Å². The van der Waals surface area contributed by atoms with Crippen molar-refractivity contribution in [1.82, 2.24) is 14.2 Å². The molecule has 9 heteroatoms. The molecule has 0 saturated carbocycles. The van der Waals surface area contributed by atoms with Crippen LogP contribution in [0.25, 0.3) is 0 Å². The highest BCUT2D eigenvalue weighted by atomic mass is 32.2. The Labute approximate surface area is 133 Å². The van der Waals surface area contributed by atoms with Gasteiger partial charge in [0.1, 0.15) is 5.69 Å². The van der Waals surface area contributed by atoms with E-state index in [0.29, 0.717) is 44.8 Å². The van der Waals surface area contributed by atoms with E-state index in [1.807, 2.05) is 0 Å². The highest BCUT2D eigenvalue weighted by molar-refractivity contribution is 7.88. The second kappa shape index (κ2) is 6.23. The van der Waals surface area contributed by atoms with Gasteiger partial charge in [-0.25, -0.2) is 13.4 Å². The van der Waals surface area contributed by atoms with Gasteiger partial charge < -0.3 is 9.64 Å². The van der Waals surface area contributed by atoms with Crippen LogP contribution in [0.4, 0.5) is 0 Å². The highest BCUT2D eigenvalue weighted by Gasteiger charge is 2.39. The Bertz CT molecular complexity index is 632. The van der Waals surface area contributed by atoms with Gasteiger partial charge in [0, 0.05) is 25.0 Å². The first-order valence-electron chi connectivity index (χ1n) is 7.22. The fourth-order valence-electron chi connectivity index (χ4n) is 3.14. The second-order valence-electron chi connectivity index (χ2n) is 5.59. The summed E-state index contributed by atoms with van der Waals surface area (Å²) in [6.45, 7) is 1.89. The maximum absolute atomic E-state index is 12.4. The lowest BCUT2D eigenvalue weighted by Crippen LogP contribution is -2.53. The number of rotatable bonds is 2. The van der Waals surface area contributed by atoms with E-state index in [2.05, 4.69) is 4.98 Å². The predicted octanol–water partition coefficient (Wildman–Crippen LogP) is 0.408. The van der Waals surface area contributed by atoms with Crippen molar-refractivity contribution in [2.75, 3.05) is 32.5 Å². The molecule has 2 atom stereocenters. The molecule has 1 aromatic rings. The molecule has 2 aliphatic heterocycles. The van der Waals surface area contributed by atoms with E-state index in [4.69, 9.17) is 4.74 Å². The summed E-state index contributed by atoms with van der Waals surface area (Å²) in [6.07, 6.45) is 2.33. The molecule has 3 heterocycles. The van der Waals surface area contributed by atoms with Crippen LogP contribution in [-0.4, -0.2) is 73.2 Å². The fourth-order valence-corrected chi connectivity index (χ4v) is 4.81. The number of sulfonamides is 1. The topological polar surface area (TPSA) is 79.8 Å². The Balaban J connectivity index is 1.75. The van der Waals surface area contributed by atoms with Crippen molar-refractivity contribution in [1.29, 1.82) is 0 Å². The van der Waals surface area contributed by atoms with E-state index in [1.54, 1.807) is 15.8 Å². The van der Waals surface area contributed by atoms with Crippen LogP contribution in [0.3, 0.4) is 0 Å². The van der Waals surface area contributed by atoms with Crippen LogP contribution < -0.4 is 0 Å². The SMILES string of the molecule is CS(=O)(=O)N1CCO[C@@H]2CCN(C(=O)c3cscn3)CC[C@H]21. The largest absolute Gasteiger partial charge is 0.375 e. The first kappa shape index (κ1) is 15.9. The number of nitrogens with zero attached hydrogens (tertiary/aromatic N) is 3. The second-order valence-corrected chi connectivity index (χ2v) is 8.25. The van der Waals surface area contributed by atoms with E-state index in [1.165, 1.54) is 21.9 Å². The Morgan fingerprint density at radius 3 is 2.82 bits per heavy atom. The Kier molecular flexibility index (Phi) is 4.49. The van der Waals surface area contributed by atoms with Gasteiger partial charge in [-0.05, 0) is 12.8 Å². The normalized spacial score (nSPS) is 27.2. The zero-order chi connectivity index (χ0) is 15.7. The molecule has 0 spiro atoms. The lowest BCUT2D eigenvalue weighted by Gasteiger charge is -2.38. The van der Waals surface area contributed by atoms with Gasteiger partial charge >= 0.3 is 0 Å². The van der Waals surface area contributed by atoms with Crippen LogP contribution in [0.2, 0.25) is 0 Å². The first-order valence-corrected chi connectivity index (χ1v) is 10.0. The third-order valence-corrected chi connectivity index (χ3v) is 6.08. The van der Waals surface area contributed by atoms with E-state index in [-0.39, 0.29) is 18.1 Å². The smallest absolute Gasteiger partial charge is 0.273 e. The van der Waals surface area contributed by atoms with E-state index < -0.39 is 10.0 Å². The molecule has 1 amide bonds. The number of hydrogen-bond donors (Lipinski definition) is 0. The monoisotopic (exact) mass is 345 g/mol. The van der Waals surface area contributed by atoms with Crippen LogP contribution in [0.15, 0.2) is 10.9 Å². The molecule has 0 N–H and O–H groups in total. The third kappa shape index (κ3) is 3.17. The number of fused-ring (bicyclic) bond motifs is 1. The first-order chi connectivity index (χ1) is 10.5. The number of likely N-dealkylation sites (tertiary alicyclic amines) is 1. The van der Waals surface area contributed by atoms with Crippen LogP contribution in [0.5, 0.6) is 0 Å². The summed E-state index contributed by atoms with van der Waals surface area (Å²) in [6, 6.07) is -0.183. The maximum atomic E-state index is 12.4. The number of ether oxygens (including phenoxy) is 1. The van der Waals surface area contributed by atoms with Crippen LogP contribution >= 0.6 is 11.3 Å². The van der Waals surface area contributed by atoms with Gasteiger partial charge in [-0.2, -0.15) is 4.31 Å². The zero-order valence-corrected chi connectivity index (χ0v) is 14.0. The molecular formula is C13H19N3O4S2. The molecule has 2 aliphatic rings. The predicted molar refractivity (Wildman–Crippen MR) is 82.3 cm³/mol. The number of aromatic nitrogens is 1. The quantitative estimate of drug-likeness (QED) is 0.775. The molecule has 2 fully saturated rings. The van der Waals surface area contributed by atoms with E-state index in [0.717, 1.165) is 0 Å². The highest BCUT2D eigenvalue weighted by Crippen LogP contribution is 2.26. The number of thiazole rings is 1. The van der Waals surface area contributed by atoms with Gasteiger partial charge in [0.15, 0.2) is 0 Å². The van der Waals surface area contributed by atoms with Gasteiger partial charge in [0.2, 0.25) is 10.0 Å². The van der Waals surface area contributed by atoms with Gasteiger partial charge in [0.05, 0.1) is 30.5 Å². The Morgan fingerprint density at radius 2 is 2.14 bits per heavy atom. The van der Waals surface area contributed by atoms with Crippen molar-refractivity contribution >= 4 is 27.3 Å². The zero-order valence-electron chi connectivity index (χ0n) is 12.3. The summed E-state index contributed by atoms with van der Waals surface area (Å²) >= 11 is 1.39. The van der Waals surface area contributed by atoms with Crippen molar-refractivity contribution in [2.45, 2.75) is 25.0 Å². The maximum Gasteiger partial charge on any atom is 0.273 e. The fraction of sp³-hybridized carbons (Fsp3) is 0.692. The van der Waals surface area contributed by atoms with Crippen molar-refractivity contribution < 1.29 is 17.9 Å². The third-order valence-electron chi connectivity index (χ3n) is 4.19. The Hall–Kier alpha value is -1.03. The lowest BCUT2D eigenvalue weighted by molar-refractivity contribution is -0.0406. The van der Waals surface area contributed by atoms with Crippen molar-refractivity contribution in [3.8, 4) is 0 Å². The molecule has 22 heavy (non-hydrogen) atoms. The van der Waals surface area contributed by atoms with Gasteiger partial charge in [-0.3, -0.25) is 4.79 Å². The van der Waals surface area contributed by atoms with Crippen molar-refractivity contribution in [2.24, 2.45) is 0 Å². The summed E-state index contributed by atoms with van der Waals surface area (Å²) in [5.74, 6) is -0.0918. The van der Waals surface area contributed by atoms with Crippen molar-refractivity contribution in [3.05, 3.63) is 16.6 Å². The minimum Gasteiger partial charge on any atom is -0.375 e. The average molecular weight is 345 g/mol. The molecule has 122 valence electrons.